The number of guanidine groups is 1. The molecule has 1 aromatic rings. The van der Waals surface area contributed by atoms with Crippen molar-refractivity contribution < 1.29 is 22.7 Å². The average Bonchev–Trinajstić information content (AvgIpc) is 2.76. The Labute approximate surface area is 201 Å². The normalized spacial score (nSPS) is 15.2. The minimum atomic E-state index is -3.58. The number of hydrogen-bond acceptors (Lipinski definition) is 6. The monoisotopic (exact) mass is 569 g/mol. The average molecular weight is 569 g/mol. The lowest BCUT2D eigenvalue weighted by molar-refractivity contribution is 0.111. The van der Waals surface area contributed by atoms with E-state index in [-0.39, 0.29) is 47.6 Å². The first-order valence-corrected chi connectivity index (χ1v) is 11.3. The second kappa shape index (κ2) is 13.7. The fraction of sp³-hybridized carbons (Fsp3) is 0.579. The molecule has 1 amide bonds. The van der Waals surface area contributed by atoms with Gasteiger partial charge in [0.1, 0.15) is 0 Å². The van der Waals surface area contributed by atoms with Crippen molar-refractivity contribution in [1.82, 2.24) is 20.3 Å². The Morgan fingerprint density at radius 3 is 2.58 bits per heavy atom. The van der Waals surface area contributed by atoms with Gasteiger partial charge in [0.25, 0.3) is 0 Å². The van der Waals surface area contributed by atoms with E-state index in [0.717, 1.165) is 18.4 Å². The summed E-state index contributed by atoms with van der Waals surface area (Å²) in [5, 5.41) is 6.56. The number of nitrogens with one attached hydrogen (secondary N) is 3. The van der Waals surface area contributed by atoms with E-state index in [4.69, 9.17) is 9.47 Å². The summed E-state index contributed by atoms with van der Waals surface area (Å²) in [5.74, 6) is 0.623. The first-order chi connectivity index (χ1) is 14.4. The van der Waals surface area contributed by atoms with Crippen LogP contribution in [0.15, 0.2) is 34.2 Å². The summed E-state index contributed by atoms with van der Waals surface area (Å²) >= 11 is 0. The molecule has 0 spiro atoms. The van der Waals surface area contributed by atoms with Crippen molar-refractivity contribution in [2.75, 3.05) is 47.5 Å². The summed E-state index contributed by atoms with van der Waals surface area (Å²) in [6.45, 7) is 2.18. The van der Waals surface area contributed by atoms with Crippen molar-refractivity contribution >= 4 is 46.1 Å². The van der Waals surface area contributed by atoms with Crippen LogP contribution in [0.4, 0.5) is 4.79 Å². The van der Waals surface area contributed by atoms with Crippen LogP contribution in [0.5, 0.6) is 0 Å². The van der Waals surface area contributed by atoms with Crippen LogP contribution in [0.2, 0.25) is 0 Å². The van der Waals surface area contributed by atoms with Crippen LogP contribution in [0.3, 0.4) is 0 Å². The molecule has 10 nitrogen and oxygen atoms in total. The number of carbonyl (C=O) groups excluding carboxylic acids is 1. The SMILES string of the molecule is CN=C(NCc1cccc(S(=O)(=O)NCCOC)c1)NC1CCN(C(=O)OC)CC1.I. The number of rotatable bonds is 8. The summed E-state index contributed by atoms with van der Waals surface area (Å²) < 4.78 is 36.8. The molecule has 176 valence electrons. The third-order valence-corrected chi connectivity index (χ3v) is 6.22. The Balaban J connectivity index is 0.00000480. The molecular formula is C19H32IN5O5S. The number of piperidine rings is 1. The number of aliphatic imine (C=N–C) groups is 1. The maximum Gasteiger partial charge on any atom is 0.409 e. The van der Waals surface area contributed by atoms with Gasteiger partial charge in [0, 0.05) is 46.4 Å². The fourth-order valence-corrected chi connectivity index (χ4v) is 4.18. The van der Waals surface area contributed by atoms with Crippen molar-refractivity contribution in [2.24, 2.45) is 4.99 Å². The number of benzene rings is 1. The number of amides is 1. The summed E-state index contributed by atoms with van der Waals surface area (Å²) in [5.41, 5.74) is 0.813. The first kappa shape index (κ1) is 27.4. The number of methoxy groups -OCH3 is 2. The predicted octanol–water partition coefficient (Wildman–Crippen LogP) is 1.13. The maximum absolute atomic E-state index is 12.4. The lowest BCUT2D eigenvalue weighted by Crippen LogP contribution is -2.49. The van der Waals surface area contributed by atoms with Crippen LogP contribution in [0.25, 0.3) is 0 Å². The molecule has 0 aliphatic carbocycles. The zero-order valence-corrected chi connectivity index (χ0v) is 21.2. The van der Waals surface area contributed by atoms with E-state index in [2.05, 4.69) is 20.3 Å². The predicted molar refractivity (Wildman–Crippen MR) is 129 cm³/mol. The van der Waals surface area contributed by atoms with E-state index in [9.17, 15) is 13.2 Å². The van der Waals surface area contributed by atoms with Crippen molar-refractivity contribution in [3.05, 3.63) is 29.8 Å². The molecule has 1 saturated heterocycles. The highest BCUT2D eigenvalue weighted by Crippen LogP contribution is 2.13. The quantitative estimate of drug-likeness (QED) is 0.186. The van der Waals surface area contributed by atoms with Crippen LogP contribution in [-0.2, 0) is 26.0 Å². The van der Waals surface area contributed by atoms with Crippen LogP contribution < -0.4 is 15.4 Å². The molecule has 0 atom stereocenters. The minimum absolute atomic E-state index is 0. The Kier molecular flexibility index (Phi) is 12.1. The molecule has 31 heavy (non-hydrogen) atoms. The summed E-state index contributed by atoms with van der Waals surface area (Å²) in [4.78, 5) is 17.7. The van der Waals surface area contributed by atoms with Gasteiger partial charge < -0.3 is 25.0 Å². The fourth-order valence-electron chi connectivity index (χ4n) is 3.09. The molecule has 1 fully saturated rings. The summed E-state index contributed by atoms with van der Waals surface area (Å²) in [7, 11) is 0.999. The minimum Gasteiger partial charge on any atom is -0.453 e. The van der Waals surface area contributed by atoms with Gasteiger partial charge in [0.05, 0.1) is 18.6 Å². The van der Waals surface area contributed by atoms with Crippen LogP contribution in [0, 0.1) is 0 Å². The lowest BCUT2D eigenvalue weighted by atomic mass is 10.1. The second-order valence-electron chi connectivity index (χ2n) is 6.84. The number of sulfonamides is 1. The number of hydrogen-bond donors (Lipinski definition) is 3. The maximum atomic E-state index is 12.4. The molecule has 2 rings (SSSR count). The number of nitrogens with zero attached hydrogens (tertiary/aromatic N) is 2. The van der Waals surface area contributed by atoms with E-state index in [1.807, 2.05) is 6.07 Å². The van der Waals surface area contributed by atoms with Gasteiger partial charge in [-0.1, -0.05) is 12.1 Å². The molecule has 0 radical (unpaired) electrons. The number of ether oxygens (including phenoxy) is 2. The van der Waals surface area contributed by atoms with E-state index < -0.39 is 10.0 Å². The summed E-state index contributed by atoms with van der Waals surface area (Å²) in [6.07, 6.45) is 1.27. The van der Waals surface area contributed by atoms with Gasteiger partial charge in [-0.2, -0.15) is 0 Å². The molecule has 0 aromatic heterocycles. The molecule has 0 bridgehead atoms. The zero-order valence-electron chi connectivity index (χ0n) is 18.1. The highest BCUT2D eigenvalue weighted by Gasteiger charge is 2.23. The Bertz CT molecular complexity index is 829. The Morgan fingerprint density at radius 1 is 1.26 bits per heavy atom. The number of carbonyl (C=O) groups is 1. The standard InChI is InChI=1S/C19H31N5O5S.HI/c1-20-18(23-16-7-10-24(11-8-16)19(25)29-3)21-14-15-5-4-6-17(13-15)30(26,27)22-9-12-28-2;/h4-6,13,16,22H,7-12,14H2,1-3H3,(H2,20,21,23);1H. The van der Waals surface area contributed by atoms with Crippen LogP contribution in [-0.4, -0.2) is 78.9 Å². The molecule has 1 aliphatic rings. The highest BCUT2D eigenvalue weighted by atomic mass is 127. The topological polar surface area (TPSA) is 121 Å². The second-order valence-corrected chi connectivity index (χ2v) is 8.61. The van der Waals surface area contributed by atoms with Crippen LogP contribution >= 0.6 is 24.0 Å². The molecule has 0 saturated carbocycles. The molecule has 1 aliphatic heterocycles. The molecule has 12 heteroatoms. The van der Waals surface area contributed by atoms with Crippen LogP contribution in [0.1, 0.15) is 18.4 Å². The molecule has 3 N–H and O–H groups in total. The van der Waals surface area contributed by atoms with E-state index in [1.165, 1.54) is 14.2 Å². The third kappa shape index (κ3) is 8.79. The van der Waals surface area contributed by atoms with E-state index in [0.29, 0.717) is 32.2 Å². The molecule has 1 heterocycles. The van der Waals surface area contributed by atoms with Crippen molar-refractivity contribution in [3.8, 4) is 0 Å². The van der Waals surface area contributed by atoms with Gasteiger partial charge in [-0.25, -0.2) is 17.9 Å². The smallest absolute Gasteiger partial charge is 0.409 e. The van der Waals surface area contributed by atoms with Gasteiger partial charge >= 0.3 is 6.09 Å². The molecular weight excluding hydrogens is 537 g/mol. The van der Waals surface area contributed by atoms with E-state index >= 15 is 0 Å². The Hall–Kier alpha value is -1.64. The van der Waals surface area contributed by atoms with Gasteiger partial charge in [0.15, 0.2) is 5.96 Å². The largest absolute Gasteiger partial charge is 0.453 e. The van der Waals surface area contributed by atoms with Gasteiger partial charge in [-0.3, -0.25) is 4.99 Å². The van der Waals surface area contributed by atoms with Crippen molar-refractivity contribution in [2.45, 2.75) is 30.3 Å². The van der Waals surface area contributed by atoms with Gasteiger partial charge in [-0.15, -0.1) is 24.0 Å². The van der Waals surface area contributed by atoms with E-state index in [1.54, 1.807) is 30.1 Å². The number of halogens is 1. The van der Waals surface area contributed by atoms with Gasteiger partial charge in [-0.05, 0) is 30.5 Å². The zero-order chi connectivity index (χ0) is 22.0. The summed E-state index contributed by atoms with van der Waals surface area (Å²) in [6, 6.07) is 6.93. The third-order valence-electron chi connectivity index (χ3n) is 4.76. The molecule has 0 unspecified atom stereocenters. The van der Waals surface area contributed by atoms with Crippen molar-refractivity contribution in [3.63, 3.8) is 0 Å². The number of likely N-dealkylation sites (tertiary alicyclic amines) is 1. The first-order valence-electron chi connectivity index (χ1n) is 9.77. The highest BCUT2D eigenvalue weighted by molar-refractivity contribution is 14.0. The van der Waals surface area contributed by atoms with Crippen molar-refractivity contribution in [1.29, 1.82) is 0 Å². The van der Waals surface area contributed by atoms with Gasteiger partial charge in [0.2, 0.25) is 10.0 Å². The molecule has 1 aromatic carbocycles. The lowest BCUT2D eigenvalue weighted by Gasteiger charge is -2.32. The Morgan fingerprint density at radius 2 is 1.97 bits per heavy atom.